The Labute approximate surface area is 148 Å². The monoisotopic (exact) mass is 350 g/mol. The lowest BCUT2D eigenvalue weighted by molar-refractivity contribution is -0.383. The molecule has 1 aromatic carbocycles. The number of aromatic nitrogens is 3. The van der Waals surface area contributed by atoms with E-state index in [0.717, 1.165) is 0 Å². The number of hydrogen-bond donors (Lipinski definition) is 2. The molecule has 0 aliphatic carbocycles. The summed E-state index contributed by atoms with van der Waals surface area (Å²) in [5, 5.41) is 17.3. The van der Waals surface area contributed by atoms with Gasteiger partial charge in [0.15, 0.2) is 5.78 Å². The summed E-state index contributed by atoms with van der Waals surface area (Å²) in [7, 11) is 0. The van der Waals surface area contributed by atoms with Crippen molar-refractivity contribution >= 4 is 34.5 Å². The molecular weight excluding hydrogens is 336 g/mol. The first-order chi connectivity index (χ1) is 12.5. The van der Waals surface area contributed by atoms with Crippen molar-refractivity contribution < 1.29 is 9.72 Å². The van der Waals surface area contributed by atoms with Gasteiger partial charge >= 0.3 is 5.69 Å². The summed E-state index contributed by atoms with van der Waals surface area (Å²) in [5.74, 6) is -0.0467. The second-order valence-electron chi connectivity index (χ2n) is 5.30. The van der Waals surface area contributed by atoms with E-state index in [1.165, 1.54) is 13.3 Å². The lowest BCUT2D eigenvalue weighted by Crippen LogP contribution is -2.06. The average molecular weight is 350 g/mol. The number of nitrogens with zero attached hydrogens (tertiary/aromatic N) is 4. The summed E-state index contributed by atoms with van der Waals surface area (Å²) in [6, 6.07) is 9.96. The van der Waals surface area contributed by atoms with Crippen LogP contribution in [0.3, 0.4) is 0 Å². The predicted molar refractivity (Wildman–Crippen MR) is 95.9 cm³/mol. The second kappa shape index (κ2) is 7.34. The Morgan fingerprint density at radius 2 is 1.69 bits per heavy atom. The molecule has 130 valence electrons. The number of carbonyl (C=O) groups is 1. The van der Waals surface area contributed by atoms with Gasteiger partial charge in [0.2, 0.25) is 11.6 Å². The predicted octanol–water partition coefficient (Wildman–Crippen LogP) is 3.47. The van der Waals surface area contributed by atoms with Crippen LogP contribution in [0.2, 0.25) is 0 Å². The summed E-state index contributed by atoms with van der Waals surface area (Å²) < 4.78 is 0. The van der Waals surface area contributed by atoms with Crippen molar-refractivity contribution in [1.82, 2.24) is 15.0 Å². The fraction of sp³-hybridized carbons (Fsp3) is 0.0588. The lowest BCUT2D eigenvalue weighted by atomic mass is 10.1. The number of carbonyl (C=O) groups excluding carboxylic acids is 1. The summed E-state index contributed by atoms with van der Waals surface area (Å²) >= 11 is 0. The molecule has 0 bridgehead atoms. The van der Waals surface area contributed by atoms with Crippen LogP contribution in [0.25, 0.3) is 0 Å². The Morgan fingerprint density at radius 3 is 2.31 bits per heavy atom. The smallest absolute Gasteiger partial charge is 0.334 e. The topological polar surface area (TPSA) is 123 Å². The van der Waals surface area contributed by atoms with E-state index in [1.54, 1.807) is 48.8 Å². The van der Waals surface area contributed by atoms with Crippen molar-refractivity contribution in [3.8, 4) is 0 Å². The molecule has 0 aliphatic rings. The van der Waals surface area contributed by atoms with E-state index in [2.05, 4.69) is 25.6 Å². The Bertz CT molecular complexity index is 962. The number of nitro groups is 1. The number of rotatable bonds is 6. The highest BCUT2D eigenvalue weighted by Gasteiger charge is 2.23. The minimum absolute atomic E-state index is 0.0160. The Kier molecular flexibility index (Phi) is 4.79. The molecule has 26 heavy (non-hydrogen) atoms. The molecule has 0 saturated heterocycles. The molecule has 9 nitrogen and oxygen atoms in total. The number of pyridine rings is 1. The maximum atomic E-state index is 11.6. The standard InChI is InChI=1S/C17H14N6O3/c1-11(24)12-3-2-4-14(9-12)22-17-15(23(25)26)16(19-10-20-17)21-13-5-7-18-8-6-13/h2-10H,1H3,(H2,18,19,20,21,22). The van der Waals surface area contributed by atoms with Crippen molar-refractivity contribution in [1.29, 1.82) is 0 Å². The van der Waals surface area contributed by atoms with Gasteiger partial charge in [-0.25, -0.2) is 9.97 Å². The first kappa shape index (κ1) is 17.0. The number of ketones is 1. The van der Waals surface area contributed by atoms with Crippen LogP contribution in [0.5, 0.6) is 0 Å². The zero-order chi connectivity index (χ0) is 18.5. The van der Waals surface area contributed by atoms with Crippen molar-refractivity contribution in [2.45, 2.75) is 6.92 Å². The van der Waals surface area contributed by atoms with Crippen molar-refractivity contribution in [3.63, 3.8) is 0 Å². The number of Topliss-reactive ketones (excluding diaryl/α,β-unsaturated/α-hetero) is 1. The van der Waals surface area contributed by atoms with Gasteiger partial charge in [0.05, 0.1) is 4.92 Å². The molecule has 0 atom stereocenters. The molecule has 3 rings (SSSR count). The Morgan fingerprint density at radius 1 is 1.04 bits per heavy atom. The number of nitrogens with one attached hydrogen (secondary N) is 2. The largest absolute Gasteiger partial charge is 0.353 e. The highest BCUT2D eigenvalue weighted by atomic mass is 16.6. The van der Waals surface area contributed by atoms with Crippen LogP contribution in [-0.2, 0) is 0 Å². The summed E-state index contributed by atoms with van der Waals surface area (Å²) in [5.41, 5.74) is 1.29. The third-order valence-electron chi connectivity index (χ3n) is 3.48. The fourth-order valence-electron chi connectivity index (χ4n) is 2.26. The molecule has 0 unspecified atom stereocenters. The van der Waals surface area contributed by atoms with Gasteiger partial charge in [0.1, 0.15) is 6.33 Å². The molecule has 0 aliphatic heterocycles. The first-order valence-corrected chi connectivity index (χ1v) is 7.59. The molecule has 0 fully saturated rings. The molecule has 9 heteroatoms. The lowest BCUT2D eigenvalue weighted by Gasteiger charge is -2.10. The Balaban J connectivity index is 1.97. The van der Waals surface area contributed by atoms with Gasteiger partial charge in [-0.05, 0) is 31.2 Å². The zero-order valence-corrected chi connectivity index (χ0v) is 13.7. The van der Waals surface area contributed by atoms with Crippen molar-refractivity contribution in [2.75, 3.05) is 10.6 Å². The molecule has 2 aromatic heterocycles. The van der Waals surface area contributed by atoms with E-state index in [0.29, 0.717) is 16.9 Å². The summed E-state index contributed by atoms with van der Waals surface area (Å²) in [6.45, 7) is 1.45. The van der Waals surface area contributed by atoms with Crippen LogP contribution in [0.4, 0.5) is 28.7 Å². The molecule has 0 saturated carbocycles. The molecule has 2 heterocycles. The molecule has 0 radical (unpaired) electrons. The summed E-state index contributed by atoms with van der Waals surface area (Å²) in [4.78, 5) is 34.3. The van der Waals surface area contributed by atoms with Crippen molar-refractivity contribution in [3.05, 3.63) is 70.8 Å². The van der Waals surface area contributed by atoms with E-state index in [4.69, 9.17) is 0 Å². The van der Waals surface area contributed by atoms with Gasteiger partial charge in [0, 0.05) is 29.3 Å². The maximum Gasteiger partial charge on any atom is 0.353 e. The fourth-order valence-corrected chi connectivity index (χ4v) is 2.26. The Hall–Kier alpha value is -3.88. The molecular formula is C17H14N6O3. The quantitative estimate of drug-likeness (QED) is 0.393. The minimum atomic E-state index is -0.569. The summed E-state index contributed by atoms with van der Waals surface area (Å²) in [6.07, 6.45) is 4.33. The van der Waals surface area contributed by atoms with Gasteiger partial charge in [-0.15, -0.1) is 0 Å². The highest BCUT2D eigenvalue weighted by molar-refractivity contribution is 5.95. The third-order valence-corrected chi connectivity index (χ3v) is 3.48. The van der Waals surface area contributed by atoms with Crippen LogP contribution >= 0.6 is 0 Å². The first-order valence-electron chi connectivity index (χ1n) is 7.59. The minimum Gasteiger partial charge on any atom is -0.334 e. The molecule has 3 aromatic rings. The highest BCUT2D eigenvalue weighted by Crippen LogP contribution is 2.32. The van der Waals surface area contributed by atoms with Gasteiger partial charge in [0.25, 0.3) is 0 Å². The molecule has 0 amide bonds. The third kappa shape index (κ3) is 3.78. The van der Waals surface area contributed by atoms with E-state index in [1.807, 2.05) is 0 Å². The number of hydrogen-bond acceptors (Lipinski definition) is 8. The second-order valence-corrected chi connectivity index (χ2v) is 5.30. The van der Waals surface area contributed by atoms with Gasteiger partial charge in [-0.2, -0.15) is 0 Å². The van der Waals surface area contributed by atoms with Gasteiger partial charge in [-0.3, -0.25) is 19.9 Å². The normalized spacial score (nSPS) is 10.2. The van der Waals surface area contributed by atoms with Crippen LogP contribution < -0.4 is 10.6 Å². The van der Waals surface area contributed by atoms with Crippen LogP contribution in [0, 0.1) is 10.1 Å². The van der Waals surface area contributed by atoms with E-state index >= 15 is 0 Å². The average Bonchev–Trinajstić information content (AvgIpc) is 2.62. The van der Waals surface area contributed by atoms with E-state index in [-0.39, 0.29) is 23.1 Å². The van der Waals surface area contributed by atoms with E-state index < -0.39 is 4.92 Å². The number of anilines is 4. The number of benzene rings is 1. The molecule has 2 N–H and O–H groups in total. The van der Waals surface area contributed by atoms with Gasteiger partial charge in [-0.1, -0.05) is 12.1 Å². The van der Waals surface area contributed by atoms with Crippen LogP contribution in [0.1, 0.15) is 17.3 Å². The van der Waals surface area contributed by atoms with E-state index in [9.17, 15) is 14.9 Å². The van der Waals surface area contributed by atoms with Crippen molar-refractivity contribution in [2.24, 2.45) is 0 Å². The van der Waals surface area contributed by atoms with Gasteiger partial charge < -0.3 is 10.6 Å². The molecule has 0 spiro atoms. The maximum absolute atomic E-state index is 11.6. The zero-order valence-electron chi connectivity index (χ0n) is 13.7. The van der Waals surface area contributed by atoms with Crippen LogP contribution in [0.15, 0.2) is 55.1 Å². The van der Waals surface area contributed by atoms with Crippen LogP contribution in [-0.4, -0.2) is 25.7 Å². The SMILES string of the molecule is CC(=O)c1cccc(Nc2ncnc(Nc3ccncc3)c2[N+](=O)[O-])c1.